The molecule has 0 N–H and O–H groups in total. The molecule has 1 aromatic carbocycles. The lowest BCUT2D eigenvalue weighted by molar-refractivity contribution is -0.188. The average Bonchev–Trinajstić information content (AvgIpc) is 2.76. The quantitative estimate of drug-likeness (QED) is 0.760. The number of hydrogen-bond donors (Lipinski definition) is 0. The lowest BCUT2D eigenvalue weighted by atomic mass is 9.88. The highest BCUT2D eigenvalue weighted by Crippen LogP contribution is 2.33. The van der Waals surface area contributed by atoms with E-state index in [4.69, 9.17) is 4.74 Å². The number of likely N-dealkylation sites (tertiary alicyclic amines) is 1. The van der Waals surface area contributed by atoms with Crippen molar-refractivity contribution in [3.05, 3.63) is 66.0 Å². The van der Waals surface area contributed by atoms with Crippen molar-refractivity contribution in [2.75, 3.05) is 40.3 Å². The van der Waals surface area contributed by atoms with Gasteiger partial charge in [-0.15, -0.1) is 0 Å². The Kier molecular flexibility index (Phi) is 6.46. The fraction of sp³-hybridized carbons (Fsp3) is 0.500. The third-order valence-electron chi connectivity index (χ3n) is 6.24. The van der Waals surface area contributed by atoms with Crippen molar-refractivity contribution in [3.8, 4) is 0 Å². The average molecular weight is 409 g/mol. The van der Waals surface area contributed by atoms with Gasteiger partial charge >= 0.3 is 0 Å². The Hall–Kier alpha value is -2.28. The molecule has 2 aromatic rings. The highest BCUT2D eigenvalue weighted by atomic mass is 16.5. The summed E-state index contributed by atoms with van der Waals surface area (Å²) >= 11 is 0. The third kappa shape index (κ3) is 5.06. The highest BCUT2D eigenvalue weighted by molar-refractivity contribution is 5.81. The zero-order chi connectivity index (χ0) is 21.0. The van der Waals surface area contributed by atoms with Gasteiger partial charge in [0.2, 0.25) is 0 Å². The number of nitrogens with zero attached hydrogens (tertiary/aromatic N) is 4. The molecule has 0 saturated carbocycles. The summed E-state index contributed by atoms with van der Waals surface area (Å²) < 4.78 is 6.53. The zero-order valence-corrected chi connectivity index (χ0v) is 18.0. The van der Waals surface area contributed by atoms with Crippen molar-refractivity contribution in [3.63, 3.8) is 0 Å². The van der Waals surface area contributed by atoms with Crippen molar-refractivity contribution in [1.29, 1.82) is 0 Å². The van der Waals surface area contributed by atoms with Crippen molar-refractivity contribution < 1.29 is 9.53 Å². The van der Waals surface area contributed by atoms with E-state index in [1.54, 1.807) is 4.90 Å². The molecule has 6 nitrogen and oxygen atoms in total. The molecule has 1 atom stereocenters. The number of ether oxygens (including phenoxy) is 1. The van der Waals surface area contributed by atoms with Crippen LogP contribution in [0.3, 0.4) is 0 Å². The molecule has 4 rings (SSSR count). The molecular weight excluding hydrogens is 376 g/mol. The standard InChI is InChI=1S/C24H32N4O2/c1-26-18-22(23(29)27(2)16-20-7-4-3-5-8-20)30-24(19-26)10-13-28(14-11-24)17-21-9-6-12-25-15-21/h3-9,12,15,22H,10-11,13-14,16-19H2,1-2H3/t22-/m1/s1. The van der Waals surface area contributed by atoms with Gasteiger partial charge in [0.15, 0.2) is 0 Å². The Morgan fingerprint density at radius 2 is 1.90 bits per heavy atom. The van der Waals surface area contributed by atoms with Crippen LogP contribution < -0.4 is 0 Å². The Labute approximate surface area is 179 Å². The molecule has 160 valence electrons. The molecule has 30 heavy (non-hydrogen) atoms. The topological polar surface area (TPSA) is 48.9 Å². The summed E-state index contributed by atoms with van der Waals surface area (Å²) in [6.45, 7) is 5.02. The van der Waals surface area contributed by atoms with E-state index in [1.807, 2.05) is 43.7 Å². The number of rotatable bonds is 5. The number of pyridine rings is 1. The van der Waals surface area contributed by atoms with Crippen LogP contribution in [0.15, 0.2) is 54.9 Å². The first kappa shape index (κ1) is 21.0. The molecular formula is C24H32N4O2. The summed E-state index contributed by atoms with van der Waals surface area (Å²) in [6, 6.07) is 14.2. The number of hydrogen-bond acceptors (Lipinski definition) is 5. The molecule has 6 heteroatoms. The van der Waals surface area contributed by atoms with Gasteiger partial charge in [-0.3, -0.25) is 14.7 Å². The minimum absolute atomic E-state index is 0.0718. The van der Waals surface area contributed by atoms with E-state index in [2.05, 4.69) is 40.0 Å². The summed E-state index contributed by atoms with van der Waals surface area (Å²) in [5, 5.41) is 0. The number of piperidine rings is 1. The molecule has 2 aliphatic rings. The lowest BCUT2D eigenvalue weighted by Gasteiger charge is -2.49. The van der Waals surface area contributed by atoms with E-state index in [0.717, 1.165) is 44.6 Å². The maximum atomic E-state index is 13.1. The van der Waals surface area contributed by atoms with Crippen LogP contribution in [0.4, 0.5) is 0 Å². The maximum Gasteiger partial charge on any atom is 0.253 e. The van der Waals surface area contributed by atoms with E-state index in [1.165, 1.54) is 5.56 Å². The molecule has 0 bridgehead atoms. The SMILES string of the molecule is CN1C[C@H](C(=O)N(C)Cc2ccccc2)OC2(CCN(Cc3cccnc3)CC2)C1. The van der Waals surface area contributed by atoms with Crippen LogP contribution in [0.1, 0.15) is 24.0 Å². The Morgan fingerprint density at radius 1 is 1.17 bits per heavy atom. The first-order valence-electron chi connectivity index (χ1n) is 10.8. The van der Waals surface area contributed by atoms with Gasteiger partial charge in [0.1, 0.15) is 6.10 Å². The predicted molar refractivity (Wildman–Crippen MR) is 117 cm³/mol. The minimum Gasteiger partial charge on any atom is -0.359 e. The molecule has 0 unspecified atom stereocenters. The van der Waals surface area contributed by atoms with E-state index < -0.39 is 6.10 Å². The minimum atomic E-state index is -0.401. The van der Waals surface area contributed by atoms with Gasteiger partial charge in [0, 0.05) is 58.7 Å². The molecule has 0 aliphatic carbocycles. The Morgan fingerprint density at radius 3 is 2.60 bits per heavy atom. The van der Waals surface area contributed by atoms with Crippen molar-refractivity contribution in [1.82, 2.24) is 19.7 Å². The monoisotopic (exact) mass is 408 g/mol. The first-order chi connectivity index (χ1) is 14.5. The van der Waals surface area contributed by atoms with Gasteiger partial charge in [-0.2, -0.15) is 0 Å². The van der Waals surface area contributed by atoms with Gasteiger partial charge in [-0.05, 0) is 37.1 Å². The number of aromatic nitrogens is 1. The second-order valence-electron chi connectivity index (χ2n) is 8.80. The van der Waals surface area contributed by atoms with Crippen LogP contribution in [-0.2, 0) is 22.6 Å². The third-order valence-corrected chi connectivity index (χ3v) is 6.24. The van der Waals surface area contributed by atoms with Gasteiger partial charge in [-0.25, -0.2) is 0 Å². The summed E-state index contributed by atoms with van der Waals surface area (Å²) in [5.41, 5.74) is 2.15. The lowest BCUT2D eigenvalue weighted by Crippen LogP contribution is -2.61. The number of amides is 1. The fourth-order valence-electron chi connectivity index (χ4n) is 4.67. The highest BCUT2D eigenvalue weighted by Gasteiger charge is 2.44. The summed E-state index contributed by atoms with van der Waals surface area (Å²) in [6.07, 6.45) is 5.24. The second-order valence-corrected chi connectivity index (χ2v) is 8.80. The molecule has 1 amide bonds. The number of carbonyl (C=O) groups is 1. The van der Waals surface area contributed by atoms with Crippen LogP contribution in [0.5, 0.6) is 0 Å². The first-order valence-corrected chi connectivity index (χ1v) is 10.8. The molecule has 2 aliphatic heterocycles. The Balaban J connectivity index is 1.35. The van der Waals surface area contributed by atoms with Gasteiger partial charge in [0.05, 0.1) is 5.60 Å². The fourth-order valence-corrected chi connectivity index (χ4v) is 4.67. The van der Waals surface area contributed by atoms with E-state index in [-0.39, 0.29) is 11.5 Å². The predicted octanol–water partition coefficient (Wildman–Crippen LogP) is 2.41. The van der Waals surface area contributed by atoms with Crippen LogP contribution in [0, 0.1) is 0 Å². The molecule has 0 radical (unpaired) electrons. The normalized spacial score (nSPS) is 22.1. The van der Waals surface area contributed by atoms with Gasteiger partial charge in [-0.1, -0.05) is 36.4 Å². The van der Waals surface area contributed by atoms with Crippen LogP contribution >= 0.6 is 0 Å². The maximum absolute atomic E-state index is 13.1. The van der Waals surface area contributed by atoms with Gasteiger partial charge < -0.3 is 14.5 Å². The van der Waals surface area contributed by atoms with Crippen molar-refractivity contribution in [2.45, 2.75) is 37.6 Å². The van der Waals surface area contributed by atoms with Crippen LogP contribution in [0.2, 0.25) is 0 Å². The molecule has 2 saturated heterocycles. The number of morpholine rings is 1. The smallest absolute Gasteiger partial charge is 0.253 e. The molecule has 1 spiro atoms. The van der Waals surface area contributed by atoms with E-state index in [9.17, 15) is 4.79 Å². The number of likely N-dealkylation sites (N-methyl/N-ethyl adjacent to an activating group) is 2. The largest absolute Gasteiger partial charge is 0.359 e. The molecule has 2 fully saturated rings. The number of benzene rings is 1. The van der Waals surface area contributed by atoms with Crippen LogP contribution in [-0.4, -0.2) is 77.6 Å². The second kappa shape index (κ2) is 9.25. The molecule has 3 heterocycles. The van der Waals surface area contributed by atoms with Crippen molar-refractivity contribution >= 4 is 5.91 Å². The summed E-state index contributed by atoms with van der Waals surface area (Å²) in [5.74, 6) is 0.0718. The summed E-state index contributed by atoms with van der Waals surface area (Å²) in [7, 11) is 3.97. The van der Waals surface area contributed by atoms with E-state index >= 15 is 0 Å². The summed E-state index contributed by atoms with van der Waals surface area (Å²) in [4.78, 5) is 23.9. The van der Waals surface area contributed by atoms with E-state index in [0.29, 0.717) is 13.1 Å². The van der Waals surface area contributed by atoms with Gasteiger partial charge in [0.25, 0.3) is 5.91 Å². The molecule has 1 aromatic heterocycles. The Bertz CT molecular complexity index is 822. The van der Waals surface area contributed by atoms with Crippen LogP contribution in [0.25, 0.3) is 0 Å². The van der Waals surface area contributed by atoms with Crippen molar-refractivity contribution in [2.24, 2.45) is 0 Å². The zero-order valence-electron chi connectivity index (χ0n) is 18.0. The number of carbonyl (C=O) groups excluding carboxylic acids is 1.